The lowest BCUT2D eigenvalue weighted by Gasteiger charge is -2.22. The Morgan fingerprint density at radius 1 is 0.952 bits per heavy atom. The highest BCUT2D eigenvalue weighted by Crippen LogP contribution is 2.33. The predicted molar refractivity (Wildman–Crippen MR) is 84.8 cm³/mol. The summed E-state index contributed by atoms with van der Waals surface area (Å²) in [5.41, 5.74) is 2.55. The highest BCUT2D eigenvalue weighted by atomic mass is 16.3. The van der Waals surface area contributed by atoms with Crippen molar-refractivity contribution < 1.29 is 5.11 Å². The zero-order chi connectivity index (χ0) is 14.8. The maximum atomic E-state index is 9.63. The van der Waals surface area contributed by atoms with Gasteiger partial charge in [-0.1, -0.05) is 30.3 Å². The van der Waals surface area contributed by atoms with Crippen LogP contribution in [0.25, 0.3) is 10.8 Å². The van der Waals surface area contributed by atoms with Crippen molar-refractivity contribution in [1.29, 1.82) is 5.26 Å². The SMILES string of the molecule is CN(c1cccc(O)c1)c1ccc(C#N)c2ccccc12. The molecule has 0 heterocycles. The maximum Gasteiger partial charge on any atom is 0.117 e. The minimum absolute atomic E-state index is 0.234. The van der Waals surface area contributed by atoms with Gasteiger partial charge in [0, 0.05) is 35.3 Å². The van der Waals surface area contributed by atoms with Gasteiger partial charge in [0.05, 0.1) is 11.6 Å². The van der Waals surface area contributed by atoms with Crippen molar-refractivity contribution in [2.75, 3.05) is 11.9 Å². The maximum absolute atomic E-state index is 9.63. The third-order valence-electron chi connectivity index (χ3n) is 3.60. The molecule has 102 valence electrons. The fourth-order valence-corrected chi connectivity index (χ4v) is 2.51. The molecule has 0 atom stereocenters. The molecule has 3 rings (SSSR count). The van der Waals surface area contributed by atoms with E-state index in [1.807, 2.05) is 60.5 Å². The van der Waals surface area contributed by atoms with Crippen LogP contribution in [0.15, 0.2) is 60.7 Å². The molecule has 0 radical (unpaired) electrons. The summed E-state index contributed by atoms with van der Waals surface area (Å²) >= 11 is 0. The first-order valence-corrected chi connectivity index (χ1v) is 6.65. The molecule has 0 amide bonds. The largest absolute Gasteiger partial charge is 0.508 e. The van der Waals surface area contributed by atoms with Gasteiger partial charge in [-0.15, -0.1) is 0 Å². The Morgan fingerprint density at radius 3 is 2.43 bits per heavy atom. The Balaban J connectivity index is 2.19. The molecular formula is C18H14N2O. The van der Waals surface area contributed by atoms with Crippen molar-refractivity contribution in [3.63, 3.8) is 0 Å². The van der Waals surface area contributed by atoms with Crippen LogP contribution >= 0.6 is 0 Å². The summed E-state index contributed by atoms with van der Waals surface area (Å²) in [6.45, 7) is 0. The van der Waals surface area contributed by atoms with Crippen molar-refractivity contribution in [2.24, 2.45) is 0 Å². The number of fused-ring (bicyclic) bond motifs is 1. The summed E-state index contributed by atoms with van der Waals surface area (Å²) in [6, 6.07) is 21.0. The van der Waals surface area contributed by atoms with E-state index in [2.05, 4.69) is 6.07 Å². The van der Waals surface area contributed by atoms with Gasteiger partial charge in [0.15, 0.2) is 0 Å². The minimum atomic E-state index is 0.234. The second-order valence-corrected chi connectivity index (χ2v) is 4.87. The number of benzene rings is 3. The molecular weight excluding hydrogens is 260 g/mol. The topological polar surface area (TPSA) is 47.3 Å². The predicted octanol–water partition coefficient (Wildman–Crippen LogP) is 4.18. The molecule has 0 spiro atoms. The van der Waals surface area contributed by atoms with E-state index in [1.54, 1.807) is 12.1 Å². The van der Waals surface area contributed by atoms with Crippen LogP contribution in [-0.2, 0) is 0 Å². The molecule has 0 saturated heterocycles. The second kappa shape index (κ2) is 5.18. The van der Waals surface area contributed by atoms with Crippen molar-refractivity contribution in [3.8, 4) is 11.8 Å². The normalized spacial score (nSPS) is 10.3. The number of hydrogen-bond donors (Lipinski definition) is 1. The Kier molecular flexibility index (Phi) is 3.21. The molecule has 1 N–H and O–H groups in total. The lowest BCUT2D eigenvalue weighted by Crippen LogP contribution is -2.09. The van der Waals surface area contributed by atoms with E-state index in [4.69, 9.17) is 0 Å². The van der Waals surface area contributed by atoms with Crippen LogP contribution in [0.2, 0.25) is 0 Å². The molecule has 0 bridgehead atoms. The number of phenolic OH excluding ortho intramolecular Hbond substituents is 1. The molecule has 3 heteroatoms. The summed E-state index contributed by atoms with van der Waals surface area (Å²) in [5, 5.41) is 20.8. The highest BCUT2D eigenvalue weighted by molar-refractivity contribution is 5.99. The van der Waals surface area contributed by atoms with Crippen LogP contribution < -0.4 is 4.90 Å². The third-order valence-corrected chi connectivity index (χ3v) is 3.60. The van der Waals surface area contributed by atoms with Crippen molar-refractivity contribution >= 4 is 22.1 Å². The quantitative estimate of drug-likeness (QED) is 0.762. The summed E-state index contributed by atoms with van der Waals surface area (Å²) in [5.74, 6) is 0.234. The molecule has 21 heavy (non-hydrogen) atoms. The summed E-state index contributed by atoms with van der Waals surface area (Å²) in [4.78, 5) is 2.00. The number of nitrogens with zero attached hydrogens (tertiary/aromatic N) is 2. The molecule has 0 aliphatic rings. The zero-order valence-electron chi connectivity index (χ0n) is 11.6. The van der Waals surface area contributed by atoms with Gasteiger partial charge >= 0.3 is 0 Å². The Morgan fingerprint density at radius 2 is 1.71 bits per heavy atom. The summed E-state index contributed by atoms with van der Waals surface area (Å²) in [6.07, 6.45) is 0. The molecule has 0 fully saturated rings. The van der Waals surface area contributed by atoms with E-state index >= 15 is 0 Å². The molecule has 3 aromatic carbocycles. The van der Waals surface area contributed by atoms with E-state index < -0.39 is 0 Å². The monoisotopic (exact) mass is 274 g/mol. The number of phenols is 1. The molecule has 0 unspecified atom stereocenters. The first-order chi connectivity index (χ1) is 10.2. The first-order valence-electron chi connectivity index (χ1n) is 6.65. The van der Waals surface area contributed by atoms with E-state index in [0.717, 1.165) is 22.1 Å². The van der Waals surface area contributed by atoms with Gasteiger partial charge in [-0.25, -0.2) is 0 Å². The van der Waals surface area contributed by atoms with Gasteiger partial charge in [0.1, 0.15) is 5.75 Å². The molecule has 0 aliphatic heterocycles. The van der Waals surface area contributed by atoms with Crippen molar-refractivity contribution in [3.05, 3.63) is 66.2 Å². The smallest absolute Gasteiger partial charge is 0.117 e. The van der Waals surface area contributed by atoms with E-state index in [9.17, 15) is 10.4 Å². The van der Waals surface area contributed by atoms with Gasteiger partial charge in [-0.2, -0.15) is 5.26 Å². The number of aromatic hydroxyl groups is 1. The standard InChI is InChI=1S/C18H14N2O/c1-20(14-5-4-6-15(21)11-14)18-10-9-13(12-19)16-7-2-3-8-17(16)18/h2-11,21H,1H3. The van der Waals surface area contributed by atoms with Crippen LogP contribution in [-0.4, -0.2) is 12.2 Å². The molecule has 0 saturated carbocycles. The number of rotatable bonds is 2. The number of anilines is 2. The lowest BCUT2D eigenvalue weighted by molar-refractivity contribution is 0.475. The number of hydrogen-bond acceptors (Lipinski definition) is 3. The summed E-state index contributed by atoms with van der Waals surface area (Å²) in [7, 11) is 1.95. The Labute approximate surface area is 123 Å². The Hall–Kier alpha value is -2.99. The van der Waals surface area contributed by atoms with Crippen LogP contribution in [0.3, 0.4) is 0 Å². The van der Waals surface area contributed by atoms with E-state index in [1.165, 1.54) is 0 Å². The fraction of sp³-hybridized carbons (Fsp3) is 0.0556. The highest BCUT2D eigenvalue weighted by Gasteiger charge is 2.10. The third kappa shape index (κ3) is 2.28. The molecule has 0 aromatic heterocycles. The van der Waals surface area contributed by atoms with Crippen LogP contribution in [0.5, 0.6) is 5.75 Å². The van der Waals surface area contributed by atoms with Crippen LogP contribution in [0, 0.1) is 11.3 Å². The van der Waals surface area contributed by atoms with E-state index in [0.29, 0.717) is 5.56 Å². The Bertz CT molecular complexity index is 849. The van der Waals surface area contributed by atoms with Crippen LogP contribution in [0.4, 0.5) is 11.4 Å². The lowest BCUT2D eigenvalue weighted by atomic mass is 10.0. The zero-order valence-corrected chi connectivity index (χ0v) is 11.6. The van der Waals surface area contributed by atoms with Gasteiger partial charge in [0.25, 0.3) is 0 Å². The van der Waals surface area contributed by atoms with E-state index in [-0.39, 0.29) is 5.75 Å². The van der Waals surface area contributed by atoms with Gasteiger partial charge < -0.3 is 10.0 Å². The van der Waals surface area contributed by atoms with Crippen molar-refractivity contribution in [1.82, 2.24) is 0 Å². The molecule has 0 aliphatic carbocycles. The first kappa shape index (κ1) is 13.0. The van der Waals surface area contributed by atoms with Crippen molar-refractivity contribution in [2.45, 2.75) is 0 Å². The molecule has 3 nitrogen and oxygen atoms in total. The second-order valence-electron chi connectivity index (χ2n) is 4.87. The van der Waals surface area contributed by atoms with Gasteiger partial charge in [-0.3, -0.25) is 0 Å². The fourth-order valence-electron chi connectivity index (χ4n) is 2.51. The van der Waals surface area contributed by atoms with Crippen LogP contribution in [0.1, 0.15) is 5.56 Å². The average Bonchev–Trinajstić information content (AvgIpc) is 2.53. The molecule has 3 aromatic rings. The summed E-state index contributed by atoms with van der Waals surface area (Å²) < 4.78 is 0. The number of nitriles is 1. The van der Waals surface area contributed by atoms with Gasteiger partial charge in [0.2, 0.25) is 0 Å². The average molecular weight is 274 g/mol. The minimum Gasteiger partial charge on any atom is -0.508 e. The van der Waals surface area contributed by atoms with Gasteiger partial charge in [-0.05, 0) is 24.3 Å².